The first-order chi connectivity index (χ1) is 30.6. The fraction of sp³-hybridized carbons (Fsp3) is 0.510. The summed E-state index contributed by atoms with van der Waals surface area (Å²) in [5.74, 6) is -0.424. The van der Waals surface area contributed by atoms with Crippen LogP contribution in [-0.4, -0.2) is 97.0 Å². The first kappa shape index (κ1) is 47.3. The summed E-state index contributed by atoms with van der Waals surface area (Å²) in [6.45, 7) is 15.4. The van der Waals surface area contributed by atoms with Gasteiger partial charge in [-0.2, -0.15) is 0 Å². The molecule has 6 atom stereocenters. The van der Waals surface area contributed by atoms with Crippen LogP contribution in [0.4, 0.5) is 17.1 Å². The van der Waals surface area contributed by atoms with E-state index in [1.54, 1.807) is 14.7 Å². The van der Waals surface area contributed by atoms with Crippen LogP contribution in [0.5, 0.6) is 5.75 Å². The zero-order chi connectivity index (χ0) is 45.9. The predicted molar refractivity (Wildman–Crippen MR) is 253 cm³/mol. The number of fused-ring (bicyclic) bond motifs is 4. The minimum atomic E-state index is -3.16. The molecule has 4 N–H and O–H groups in total. The summed E-state index contributed by atoms with van der Waals surface area (Å²) in [6, 6.07) is 18.5. The second-order valence-corrected chi connectivity index (χ2v) is 22.9. The lowest BCUT2D eigenvalue weighted by molar-refractivity contribution is -0.150. The summed E-state index contributed by atoms with van der Waals surface area (Å²) in [5, 5.41) is 23.4. The van der Waals surface area contributed by atoms with Crippen LogP contribution in [0.25, 0.3) is 0 Å². The zero-order valence-corrected chi connectivity index (χ0v) is 39.7. The van der Waals surface area contributed by atoms with Gasteiger partial charge >= 0.3 is 0 Å². The molecule has 13 heteroatoms. The summed E-state index contributed by atoms with van der Waals surface area (Å²) < 4.78 is 13.1. The number of anilines is 3. The molecule has 1 fully saturated rings. The van der Waals surface area contributed by atoms with E-state index < -0.39 is 43.6 Å². The lowest BCUT2D eigenvalue weighted by Gasteiger charge is -2.37. The summed E-state index contributed by atoms with van der Waals surface area (Å²) in [6.07, 6.45) is 7.50. The Kier molecular flexibility index (Phi) is 14.7. The van der Waals surface area contributed by atoms with E-state index in [-0.39, 0.29) is 37.4 Å². The van der Waals surface area contributed by atoms with Gasteiger partial charge in [0.05, 0.1) is 49.2 Å². The number of ether oxygens (including phenoxy) is 2. The van der Waals surface area contributed by atoms with Gasteiger partial charge in [-0.05, 0) is 139 Å². The highest BCUT2D eigenvalue weighted by Crippen LogP contribution is 2.60. The van der Waals surface area contributed by atoms with Crippen molar-refractivity contribution >= 4 is 43.1 Å². The van der Waals surface area contributed by atoms with E-state index in [2.05, 4.69) is 38.2 Å². The number of carbonyl (C=O) groups is 3. The Labute approximate surface area is 380 Å². The SMILES string of the molecule is CCOc1ccc2c(c1)CC(NCCCCO)C(=O)N2c1ccc2c(c1)[C@@]1(O[C@H](CC(=O)N3Cc4ccccc4C[C@H]3CO)[C@@H]([Si](C)(C)O)[C@@H]1C)C(=O)N2C/C=C(\C)CCC=C(C)C. The number of hydrogen-bond acceptors (Lipinski definition) is 9. The zero-order valence-electron chi connectivity index (χ0n) is 38.7. The Morgan fingerprint density at radius 1 is 0.969 bits per heavy atom. The van der Waals surface area contributed by atoms with Gasteiger partial charge in [0.2, 0.25) is 11.8 Å². The van der Waals surface area contributed by atoms with Crippen LogP contribution in [0.1, 0.15) is 89.0 Å². The molecule has 1 spiro atoms. The van der Waals surface area contributed by atoms with Crippen LogP contribution in [-0.2, 0) is 44.1 Å². The van der Waals surface area contributed by atoms with Crippen LogP contribution >= 0.6 is 0 Å². The molecule has 0 bridgehead atoms. The van der Waals surface area contributed by atoms with Crippen LogP contribution < -0.4 is 19.9 Å². The maximum absolute atomic E-state index is 15.5. The number of carbonyl (C=O) groups excluding carboxylic acids is 3. The highest BCUT2D eigenvalue weighted by molar-refractivity contribution is 6.71. The molecular weight excluding hydrogens is 825 g/mol. The largest absolute Gasteiger partial charge is 0.494 e. The smallest absolute Gasteiger partial charge is 0.264 e. The van der Waals surface area contributed by atoms with Crippen molar-refractivity contribution in [3.8, 4) is 5.75 Å². The Bertz CT molecular complexity index is 2270. The molecule has 0 radical (unpaired) electrons. The maximum atomic E-state index is 15.5. The average Bonchev–Trinajstić information content (AvgIpc) is 3.69. The van der Waals surface area contributed by atoms with E-state index >= 15 is 4.79 Å². The van der Waals surface area contributed by atoms with Crippen molar-refractivity contribution in [2.45, 2.75) is 129 Å². The van der Waals surface area contributed by atoms with Crippen molar-refractivity contribution < 1.29 is 38.9 Å². The van der Waals surface area contributed by atoms with Gasteiger partial charge in [0, 0.05) is 42.4 Å². The second kappa shape index (κ2) is 19.9. The normalized spacial score (nSPS) is 24.2. The molecule has 3 aromatic rings. The van der Waals surface area contributed by atoms with E-state index in [4.69, 9.17) is 9.47 Å². The number of unbranched alkanes of at least 4 members (excludes halogenated alkanes) is 1. The molecule has 1 unspecified atom stereocenters. The molecule has 0 saturated carbocycles. The summed E-state index contributed by atoms with van der Waals surface area (Å²) in [4.78, 5) is 62.0. The number of rotatable bonds is 17. The Hall–Kier alpha value is -4.63. The number of nitrogens with one attached hydrogen (secondary N) is 1. The molecule has 4 aliphatic heterocycles. The lowest BCUT2D eigenvalue weighted by Crippen LogP contribution is -2.49. The molecule has 0 aliphatic carbocycles. The van der Waals surface area contributed by atoms with E-state index in [1.165, 1.54) is 5.57 Å². The van der Waals surface area contributed by atoms with Gasteiger partial charge in [-0.25, -0.2) is 0 Å². The first-order valence-corrected chi connectivity index (χ1v) is 26.2. The van der Waals surface area contributed by atoms with Gasteiger partial charge in [0.25, 0.3) is 5.91 Å². The van der Waals surface area contributed by atoms with Gasteiger partial charge < -0.3 is 39.6 Å². The number of hydrogen-bond donors (Lipinski definition) is 4. The summed E-state index contributed by atoms with van der Waals surface area (Å²) in [7, 11) is -3.16. The quantitative estimate of drug-likeness (QED) is 0.0626. The monoisotopic (exact) mass is 892 g/mol. The number of amides is 3. The van der Waals surface area contributed by atoms with E-state index in [9.17, 15) is 24.6 Å². The van der Waals surface area contributed by atoms with Crippen LogP contribution in [0.15, 0.2) is 84.0 Å². The average molecular weight is 893 g/mol. The van der Waals surface area contributed by atoms with Crippen molar-refractivity contribution in [1.29, 1.82) is 0 Å². The molecule has 3 amide bonds. The molecule has 344 valence electrons. The minimum Gasteiger partial charge on any atom is -0.494 e. The van der Waals surface area contributed by atoms with Crippen molar-refractivity contribution in [2.24, 2.45) is 5.92 Å². The molecule has 3 aromatic carbocycles. The molecule has 7 rings (SSSR count). The number of allylic oxidation sites excluding steroid dienone is 3. The fourth-order valence-corrected chi connectivity index (χ4v) is 13.1. The Morgan fingerprint density at radius 2 is 1.72 bits per heavy atom. The van der Waals surface area contributed by atoms with Crippen LogP contribution in [0, 0.1) is 5.92 Å². The highest BCUT2D eigenvalue weighted by atomic mass is 28.4. The van der Waals surface area contributed by atoms with E-state index in [1.807, 2.05) is 87.6 Å². The molecule has 4 aliphatic rings. The number of nitrogens with zero attached hydrogens (tertiary/aromatic N) is 3. The van der Waals surface area contributed by atoms with Crippen molar-refractivity contribution in [1.82, 2.24) is 10.2 Å². The third-order valence-corrected chi connectivity index (χ3v) is 16.2. The summed E-state index contributed by atoms with van der Waals surface area (Å²) in [5.41, 5.74) is 5.97. The molecular formula is C51H68N4O8Si. The van der Waals surface area contributed by atoms with Crippen molar-refractivity contribution in [3.05, 3.63) is 106 Å². The van der Waals surface area contributed by atoms with Gasteiger partial charge in [0.1, 0.15) is 5.75 Å². The lowest BCUT2D eigenvalue weighted by atomic mass is 9.82. The molecule has 64 heavy (non-hydrogen) atoms. The third-order valence-electron chi connectivity index (χ3n) is 13.7. The standard InChI is InChI=1S/C51H68N4O8Si/c1-8-62-41-19-21-44-38(27-41)28-43(52-23-11-12-25-56)49(59)55(44)39-18-20-45-42(29-39)51(50(60)53(45)24-22-34(4)15-13-14-33(2)3)35(5)48(64(6,7)61)46(63-51)30-47(58)54-31-37-17-10-9-16-36(37)26-40(54)32-57/h9-10,14,16-22,27,29,35,40,43,46,48,52,56-57,61H,8,11-13,15,23-26,28,30-32H2,1-7H3/b34-22+/t35-,40-,43?,46+,48-,51+/m0/s1. The Morgan fingerprint density at radius 3 is 2.42 bits per heavy atom. The van der Waals surface area contributed by atoms with Gasteiger partial charge in [-0.15, -0.1) is 0 Å². The van der Waals surface area contributed by atoms with Gasteiger partial charge in [-0.1, -0.05) is 54.5 Å². The third kappa shape index (κ3) is 9.38. The fourth-order valence-electron chi connectivity index (χ4n) is 10.6. The number of aliphatic hydroxyl groups excluding tert-OH is 2. The molecule has 4 heterocycles. The number of aliphatic hydroxyl groups is 2. The van der Waals surface area contributed by atoms with E-state index in [0.717, 1.165) is 40.8 Å². The van der Waals surface area contributed by atoms with Crippen molar-refractivity contribution in [3.63, 3.8) is 0 Å². The topological polar surface area (TPSA) is 152 Å². The summed E-state index contributed by atoms with van der Waals surface area (Å²) >= 11 is 0. The Balaban J connectivity index is 1.31. The molecule has 1 saturated heterocycles. The van der Waals surface area contributed by atoms with Crippen LogP contribution in [0.3, 0.4) is 0 Å². The van der Waals surface area contributed by atoms with Gasteiger partial charge in [0.15, 0.2) is 13.9 Å². The van der Waals surface area contributed by atoms with Gasteiger partial charge in [-0.3, -0.25) is 19.3 Å². The predicted octanol–water partition coefficient (Wildman–Crippen LogP) is 7.21. The van der Waals surface area contributed by atoms with Crippen molar-refractivity contribution in [2.75, 3.05) is 42.7 Å². The molecule has 12 nitrogen and oxygen atoms in total. The number of benzene rings is 3. The van der Waals surface area contributed by atoms with E-state index in [0.29, 0.717) is 74.6 Å². The van der Waals surface area contributed by atoms with Crippen LogP contribution in [0.2, 0.25) is 18.6 Å². The minimum absolute atomic E-state index is 0.0676. The molecule has 0 aromatic heterocycles. The second-order valence-electron chi connectivity index (χ2n) is 18.9. The maximum Gasteiger partial charge on any atom is 0.264 e. The first-order valence-electron chi connectivity index (χ1n) is 23.2. The highest BCUT2D eigenvalue weighted by Gasteiger charge is 2.66.